The maximum absolute atomic E-state index is 11.4. The number of anilines is 1. The van der Waals surface area contributed by atoms with Crippen LogP contribution in [-0.2, 0) is 6.54 Å². The molecule has 0 aliphatic heterocycles. The quantitative estimate of drug-likeness (QED) is 0.869. The van der Waals surface area contributed by atoms with Gasteiger partial charge in [-0.15, -0.1) is 0 Å². The lowest BCUT2D eigenvalue weighted by atomic mass is 10.2. The molecule has 0 radical (unpaired) electrons. The molecule has 2 rings (SSSR count). The van der Waals surface area contributed by atoms with Gasteiger partial charge in [0.15, 0.2) is 5.75 Å². The molecule has 2 N–H and O–H groups in total. The molecule has 1 aromatic heterocycles. The fourth-order valence-corrected chi connectivity index (χ4v) is 1.93. The Balaban J connectivity index is 2.23. The molecule has 2 aromatic rings. The molecular formula is C15H17NO4. The number of aromatic hydroxyl groups is 1. The van der Waals surface area contributed by atoms with E-state index in [0.717, 1.165) is 12.0 Å². The predicted molar refractivity (Wildman–Crippen MR) is 75.8 cm³/mol. The Hall–Kier alpha value is -2.27. The van der Waals surface area contributed by atoms with Crippen LogP contribution in [0.1, 0.15) is 12.7 Å². The minimum absolute atomic E-state index is 0.338. The van der Waals surface area contributed by atoms with Gasteiger partial charge in [0, 0.05) is 18.3 Å². The van der Waals surface area contributed by atoms with E-state index in [1.165, 1.54) is 6.07 Å². The van der Waals surface area contributed by atoms with Crippen molar-refractivity contribution in [3.8, 4) is 5.75 Å². The molecule has 106 valence electrons. The first-order valence-electron chi connectivity index (χ1n) is 6.35. The highest BCUT2D eigenvalue weighted by Crippen LogP contribution is 2.17. The lowest BCUT2D eigenvalue weighted by molar-refractivity contribution is 0.199. The van der Waals surface area contributed by atoms with E-state index < -0.39 is 17.3 Å². The number of rotatable bonds is 5. The third-order valence-corrected chi connectivity index (χ3v) is 2.82. The monoisotopic (exact) mass is 275 g/mol. The van der Waals surface area contributed by atoms with Crippen molar-refractivity contribution in [3.05, 3.63) is 58.6 Å². The van der Waals surface area contributed by atoms with E-state index in [9.17, 15) is 15.0 Å². The van der Waals surface area contributed by atoms with Gasteiger partial charge in [-0.1, -0.05) is 18.2 Å². The van der Waals surface area contributed by atoms with Crippen molar-refractivity contribution < 1.29 is 14.6 Å². The van der Waals surface area contributed by atoms with Gasteiger partial charge in [0.25, 0.3) is 0 Å². The summed E-state index contributed by atoms with van der Waals surface area (Å²) in [4.78, 5) is 13.3. The van der Waals surface area contributed by atoms with Crippen LogP contribution < -0.4 is 10.3 Å². The summed E-state index contributed by atoms with van der Waals surface area (Å²) in [5, 5.41) is 18.8. The zero-order valence-electron chi connectivity index (χ0n) is 11.2. The highest BCUT2D eigenvalue weighted by atomic mass is 16.4. The van der Waals surface area contributed by atoms with Crippen LogP contribution in [0.3, 0.4) is 0 Å². The molecule has 0 fully saturated rings. The molecule has 0 aliphatic carbocycles. The fourth-order valence-electron chi connectivity index (χ4n) is 1.93. The molecule has 5 heteroatoms. The van der Waals surface area contributed by atoms with E-state index in [2.05, 4.69) is 0 Å². The Labute approximate surface area is 116 Å². The normalized spacial score (nSPS) is 12.1. The predicted octanol–water partition coefficient (Wildman–Crippen LogP) is 1.73. The van der Waals surface area contributed by atoms with Crippen molar-refractivity contribution in [1.29, 1.82) is 0 Å². The standard InChI is InChI=1S/C15H17NO4/c1-11(17)8-16(12-5-3-2-4-6-12)9-13-7-14(18)15(19)10-20-13/h2-7,10-11,17,19H,8-9H2,1H3. The van der Waals surface area contributed by atoms with Crippen LogP contribution in [0, 0.1) is 0 Å². The number of nitrogens with zero attached hydrogens (tertiary/aromatic N) is 1. The number of hydrogen-bond donors (Lipinski definition) is 2. The number of aliphatic hydroxyl groups is 1. The summed E-state index contributed by atoms with van der Waals surface area (Å²) in [7, 11) is 0. The summed E-state index contributed by atoms with van der Waals surface area (Å²) in [6.45, 7) is 2.45. The van der Waals surface area contributed by atoms with Crippen molar-refractivity contribution in [2.24, 2.45) is 0 Å². The highest BCUT2D eigenvalue weighted by Gasteiger charge is 2.12. The number of para-hydroxylation sites is 1. The molecular weight excluding hydrogens is 258 g/mol. The minimum Gasteiger partial charge on any atom is -0.502 e. The number of hydrogen-bond acceptors (Lipinski definition) is 5. The van der Waals surface area contributed by atoms with Crippen LogP contribution in [0.4, 0.5) is 5.69 Å². The van der Waals surface area contributed by atoms with Gasteiger partial charge in [-0.2, -0.15) is 0 Å². The Bertz CT molecular complexity index is 607. The molecule has 0 bridgehead atoms. The largest absolute Gasteiger partial charge is 0.502 e. The molecule has 5 nitrogen and oxygen atoms in total. The van der Waals surface area contributed by atoms with Crippen molar-refractivity contribution in [2.45, 2.75) is 19.6 Å². The molecule has 0 saturated heterocycles. The van der Waals surface area contributed by atoms with Crippen molar-refractivity contribution in [3.63, 3.8) is 0 Å². The van der Waals surface area contributed by atoms with E-state index in [4.69, 9.17) is 4.42 Å². The molecule has 1 aromatic carbocycles. The van der Waals surface area contributed by atoms with Gasteiger partial charge >= 0.3 is 0 Å². The second-order valence-electron chi connectivity index (χ2n) is 4.66. The Morgan fingerprint density at radius 3 is 2.60 bits per heavy atom. The van der Waals surface area contributed by atoms with Crippen molar-refractivity contribution >= 4 is 5.69 Å². The average molecular weight is 275 g/mol. The van der Waals surface area contributed by atoms with E-state index in [0.29, 0.717) is 18.8 Å². The van der Waals surface area contributed by atoms with E-state index in [1.807, 2.05) is 35.2 Å². The second-order valence-corrected chi connectivity index (χ2v) is 4.66. The van der Waals surface area contributed by atoms with E-state index in [1.54, 1.807) is 6.92 Å². The van der Waals surface area contributed by atoms with Crippen LogP contribution >= 0.6 is 0 Å². The summed E-state index contributed by atoms with van der Waals surface area (Å²) >= 11 is 0. The number of benzene rings is 1. The average Bonchev–Trinajstić information content (AvgIpc) is 2.43. The molecule has 1 heterocycles. The first kappa shape index (κ1) is 14.1. The van der Waals surface area contributed by atoms with Gasteiger partial charge in [0.2, 0.25) is 5.43 Å². The topological polar surface area (TPSA) is 73.9 Å². The lowest BCUT2D eigenvalue weighted by Gasteiger charge is -2.25. The van der Waals surface area contributed by atoms with Gasteiger partial charge in [0.05, 0.1) is 12.6 Å². The van der Waals surface area contributed by atoms with Gasteiger partial charge in [-0.3, -0.25) is 4.79 Å². The van der Waals surface area contributed by atoms with E-state index in [-0.39, 0.29) is 0 Å². The van der Waals surface area contributed by atoms with Gasteiger partial charge in [-0.05, 0) is 19.1 Å². The molecule has 1 atom stereocenters. The third kappa shape index (κ3) is 3.61. The third-order valence-electron chi connectivity index (χ3n) is 2.82. The first-order valence-corrected chi connectivity index (χ1v) is 6.35. The van der Waals surface area contributed by atoms with Crippen LogP contribution in [-0.4, -0.2) is 22.9 Å². The summed E-state index contributed by atoms with van der Waals surface area (Å²) in [5.74, 6) is 0.0211. The molecule has 0 spiro atoms. The maximum Gasteiger partial charge on any atom is 0.226 e. The van der Waals surface area contributed by atoms with Gasteiger partial charge in [-0.25, -0.2) is 0 Å². The van der Waals surface area contributed by atoms with Crippen LogP contribution in [0.15, 0.2) is 51.9 Å². The van der Waals surface area contributed by atoms with Crippen LogP contribution in [0.25, 0.3) is 0 Å². The van der Waals surface area contributed by atoms with Crippen LogP contribution in [0.5, 0.6) is 5.75 Å². The zero-order chi connectivity index (χ0) is 14.5. The first-order chi connectivity index (χ1) is 9.56. The highest BCUT2D eigenvalue weighted by molar-refractivity contribution is 5.46. The summed E-state index contributed by atoms with van der Waals surface area (Å²) in [5.41, 5.74) is 0.445. The van der Waals surface area contributed by atoms with E-state index >= 15 is 0 Å². The van der Waals surface area contributed by atoms with Gasteiger partial charge < -0.3 is 19.5 Å². The van der Waals surface area contributed by atoms with Crippen molar-refractivity contribution in [2.75, 3.05) is 11.4 Å². The molecule has 20 heavy (non-hydrogen) atoms. The summed E-state index contributed by atoms with van der Waals surface area (Å²) < 4.78 is 5.20. The molecule has 1 unspecified atom stereocenters. The molecule has 0 aliphatic rings. The van der Waals surface area contributed by atoms with Crippen LogP contribution in [0.2, 0.25) is 0 Å². The SMILES string of the molecule is CC(O)CN(Cc1cc(=O)c(O)co1)c1ccccc1. The second kappa shape index (κ2) is 6.25. The Morgan fingerprint density at radius 1 is 1.30 bits per heavy atom. The van der Waals surface area contributed by atoms with Gasteiger partial charge in [0.1, 0.15) is 12.0 Å². The smallest absolute Gasteiger partial charge is 0.226 e. The maximum atomic E-state index is 11.4. The van der Waals surface area contributed by atoms with Crippen molar-refractivity contribution in [1.82, 2.24) is 0 Å². The lowest BCUT2D eigenvalue weighted by Crippen LogP contribution is -2.30. The molecule has 0 amide bonds. The fraction of sp³-hybridized carbons (Fsp3) is 0.267. The Morgan fingerprint density at radius 2 is 2.00 bits per heavy atom. The number of aliphatic hydroxyl groups excluding tert-OH is 1. The zero-order valence-corrected chi connectivity index (χ0v) is 11.2. The summed E-state index contributed by atoms with van der Waals surface area (Å²) in [6, 6.07) is 10.8. The summed E-state index contributed by atoms with van der Waals surface area (Å²) in [6.07, 6.45) is 0.516. The Kier molecular flexibility index (Phi) is 4.42. The minimum atomic E-state index is -0.515. The molecule has 0 saturated carbocycles.